The van der Waals surface area contributed by atoms with Crippen LogP contribution in [0, 0.1) is 0 Å². The fraction of sp³-hybridized carbons (Fsp3) is 0.455. The van der Waals surface area contributed by atoms with Gasteiger partial charge in [0, 0.05) is 17.5 Å². The van der Waals surface area contributed by atoms with Crippen molar-refractivity contribution < 1.29 is 14.3 Å². The minimum Gasteiger partial charge on any atom is -0.481 e. The summed E-state index contributed by atoms with van der Waals surface area (Å²) in [5.74, 6) is 0.623. The Bertz CT molecular complexity index is 913. The monoisotopic (exact) mass is 366 g/mol. The zero-order valence-electron chi connectivity index (χ0n) is 16.4. The molecule has 1 saturated heterocycles. The molecule has 5 heteroatoms. The number of nitrogens with zero attached hydrogens (tertiary/aromatic N) is 2. The number of methoxy groups -OCH3 is 1. The Kier molecular flexibility index (Phi) is 4.33. The second-order valence-corrected chi connectivity index (χ2v) is 8.34. The SMILES string of the molecule is COc1ccc2cc(C3=CC4CCC(C3)N4C(=O)OC(C)(C)C)ccc2n1. The predicted octanol–water partition coefficient (Wildman–Crippen LogP) is 4.80. The van der Waals surface area contributed by atoms with Gasteiger partial charge in [-0.25, -0.2) is 9.78 Å². The maximum absolute atomic E-state index is 12.6. The molecular weight excluding hydrogens is 340 g/mol. The Hall–Kier alpha value is -2.56. The summed E-state index contributed by atoms with van der Waals surface area (Å²) < 4.78 is 10.8. The number of amides is 1. The van der Waals surface area contributed by atoms with Crippen molar-refractivity contribution in [3.05, 3.63) is 42.0 Å². The molecule has 2 bridgehead atoms. The van der Waals surface area contributed by atoms with Crippen LogP contribution >= 0.6 is 0 Å². The molecule has 2 aliphatic rings. The Labute approximate surface area is 160 Å². The average molecular weight is 366 g/mol. The van der Waals surface area contributed by atoms with E-state index in [-0.39, 0.29) is 18.2 Å². The number of aromatic nitrogens is 1. The molecule has 2 aliphatic heterocycles. The molecule has 1 amide bonds. The van der Waals surface area contributed by atoms with Crippen LogP contribution in [0.25, 0.3) is 16.5 Å². The van der Waals surface area contributed by atoms with Crippen molar-refractivity contribution in [3.63, 3.8) is 0 Å². The van der Waals surface area contributed by atoms with Gasteiger partial charge in [-0.1, -0.05) is 12.1 Å². The van der Waals surface area contributed by atoms with Gasteiger partial charge in [-0.2, -0.15) is 0 Å². The van der Waals surface area contributed by atoms with E-state index in [1.54, 1.807) is 7.11 Å². The van der Waals surface area contributed by atoms with Crippen LogP contribution in [0.3, 0.4) is 0 Å². The van der Waals surface area contributed by atoms with Crippen LogP contribution in [0.5, 0.6) is 5.88 Å². The van der Waals surface area contributed by atoms with E-state index in [4.69, 9.17) is 9.47 Å². The number of pyridine rings is 1. The molecule has 1 aromatic carbocycles. The predicted molar refractivity (Wildman–Crippen MR) is 106 cm³/mol. The van der Waals surface area contributed by atoms with Crippen LogP contribution in [-0.2, 0) is 4.74 Å². The summed E-state index contributed by atoms with van der Waals surface area (Å²) in [6, 6.07) is 10.6. The van der Waals surface area contributed by atoms with E-state index >= 15 is 0 Å². The zero-order valence-corrected chi connectivity index (χ0v) is 16.4. The minimum atomic E-state index is -0.465. The smallest absolute Gasteiger partial charge is 0.411 e. The lowest BCUT2D eigenvalue weighted by Gasteiger charge is -2.35. The molecule has 0 saturated carbocycles. The molecule has 5 nitrogen and oxygen atoms in total. The molecule has 2 atom stereocenters. The van der Waals surface area contributed by atoms with Crippen molar-refractivity contribution in [1.82, 2.24) is 9.88 Å². The fourth-order valence-electron chi connectivity index (χ4n) is 4.06. The van der Waals surface area contributed by atoms with Crippen LogP contribution in [0.15, 0.2) is 36.4 Å². The van der Waals surface area contributed by atoms with Crippen LogP contribution in [0.1, 0.15) is 45.6 Å². The molecule has 4 rings (SSSR count). The number of rotatable bonds is 2. The van der Waals surface area contributed by atoms with Crippen molar-refractivity contribution in [2.45, 2.75) is 57.7 Å². The van der Waals surface area contributed by atoms with E-state index in [1.165, 1.54) is 11.1 Å². The Morgan fingerprint density at radius 3 is 2.70 bits per heavy atom. The van der Waals surface area contributed by atoms with Crippen molar-refractivity contribution in [1.29, 1.82) is 0 Å². The molecule has 0 aliphatic carbocycles. The third kappa shape index (κ3) is 3.51. The standard InChI is InChI=1S/C22H26N2O3/c1-22(2,3)27-21(25)24-17-7-8-18(24)13-16(12-17)14-5-9-19-15(11-14)6-10-20(23-19)26-4/h5-6,9-12,17-18H,7-8,13H2,1-4H3. The molecule has 1 aromatic heterocycles. The van der Waals surface area contributed by atoms with Gasteiger partial charge in [-0.3, -0.25) is 4.90 Å². The lowest BCUT2D eigenvalue weighted by atomic mass is 9.94. The topological polar surface area (TPSA) is 51.7 Å². The Balaban J connectivity index is 1.60. The highest BCUT2D eigenvalue weighted by Crippen LogP contribution is 2.39. The fourth-order valence-corrected chi connectivity index (χ4v) is 4.06. The lowest BCUT2D eigenvalue weighted by Crippen LogP contribution is -2.45. The molecule has 27 heavy (non-hydrogen) atoms. The number of ether oxygens (including phenoxy) is 2. The summed E-state index contributed by atoms with van der Waals surface area (Å²) in [6.07, 6.45) is 4.94. The van der Waals surface area contributed by atoms with E-state index in [0.717, 1.165) is 30.2 Å². The highest BCUT2D eigenvalue weighted by Gasteiger charge is 2.41. The maximum atomic E-state index is 12.6. The third-order valence-electron chi connectivity index (χ3n) is 5.24. The second kappa shape index (κ2) is 6.55. The van der Waals surface area contributed by atoms with E-state index in [0.29, 0.717) is 5.88 Å². The second-order valence-electron chi connectivity index (χ2n) is 8.34. The number of carbonyl (C=O) groups excluding carboxylic acids is 1. The van der Waals surface area contributed by atoms with Gasteiger partial charge in [0.05, 0.1) is 18.7 Å². The van der Waals surface area contributed by atoms with Crippen LogP contribution in [0.4, 0.5) is 4.79 Å². The van der Waals surface area contributed by atoms with Gasteiger partial charge >= 0.3 is 6.09 Å². The number of carbonyl (C=O) groups is 1. The van der Waals surface area contributed by atoms with E-state index in [1.807, 2.05) is 43.9 Å². The molecule has 142 valence electrons. The summed E-state index contributed by atoms with van der Waals surface area (Å²) in [6.45, 7) is 5.74. The summed E-state index contributed by atoms with van der Waals surface area (Å²) in [5.41, 5.74) is 2.97. The first kappa shape index (κ1) is 17.8. The molecular formula is C22H26N2O3. The third-order valence-corrected chi connectivity index (χ3v) is 5.24. The van der Waals surface area contributed by atoms with Gasteiger partial charge in [0.15, 0.2) is 0 Å². The first-order valence-corrected chi connectivity index (χ1v) is 9.51. The molecule has 2 unspecified atom stereocenters. The van der Waals surface area contributed by atoms with Crippen LogP contribution < -0.4 is 4.74 Å². The van der Waals surface area contributed by atoms with Gasteiger partial charge in [0.25, 0.3) is 0 Å². The highest BCUT2D eigenvalue weighted by molar-refractivity contribution is 5.85. The Morgan fingerprint density at radius 1 is 1.19 bits per heavy atom. The normalized spacial score (nSPS) is 21.9. The summed E-state index contributed by atoms with van der Waals surface area (Å²) >= 11 is 0. The van der Waals surface area contributed by atoms with Gasteiger partial charge < -0.3 is 9.47 Å². The van der Waals surface area contributed by atoms with Gasteiger partial charge in [0.2, 0.25) is 5.88 Å². The average Bonchev–Trinajstić information content (AvgIpc) is 2.89. The largest absolute Gasteiger partial charge is 0.481 e. The van der Waals surface area contributed by atoms with Crippen LogP contribution in [0.2, 0.25) is 0 Å². The van der Waals surface area contributed by atoms with E-state index in [9.17, 15) is 4.79 Å². The number of benzene rings is 1. The van der Waals surface area contributed by atoms with Crippen molar-refractivity contribution in [3.8, 4) is 5.88 Å². The quantitative estimate of drug-likeness (QED) is 0.766. The summed E-state index contributed by atoms with van der Waals surface area (Å²) in [7, 11) is 1.63. The van der Waals surface area contributed by atoms with E-state index < -0.39 is 5.60 Å². The van der Waals surface area contributed by atoms with Crippen molar-refractivity contribution >= 4 is 22.6 Å². The summed E-state index contributed by atoms with van der Waals surface area (Å²) in [5, 5.41) is 1.09. The van der Waals surface area contributed by atoms with Gasteiger partial charge in [-0.05, 0) is 69.4 Å². The molecule has 0 spiro atoms. The summed E-state index contributed by atoms with van der Waals surface area (Å²) in [4.78, 5) is 19.0. The number of hydrogen-bond acceptors (Lipinski definition) is 4. The van der Waals surface area contributed by atoms with Crippen molar-refractivity contribution in [2.24, 2.45) is 0 Å². The molecule has 1 fully saturated rings. The molecule has 0 radical (unpaired) electrons. The number of fused-ring (bicyclic) bond motifs is 3. The molecule has 2 aromatic rings. The van der Waals surface area contributed by atoms with Gasteiger partial charge in [-0.15, -0.1) is 0 Å². The first-order valence-electron chi connectivity index (χ1n) is 9.51. The molecule has 0 N–H and O–H groups in total. The Morgan fingerprint density at radius 2 is 2.00 bits per heavy atom. The highest BCUT2D eigenvalue weighted by atomic mass is 16.6. The van der Waals surface area contributed by atoms with E-state index in [2.05, 4.69) is 23.2 Å². The zero-order chi connectivity index (χ0) is 19.2. The van der Waals surface area contributed by atoms with Crippen LogP contribution in [-0.4, -0.2) is 40.8 Å². The van der Waals surface area contributed by atoms with Gasteiger partial charge in [0.1, 0.15) is 5.60 Å². The minimum absolute atomic E-state index is 0.123. The maximum Gasteiger partial charge on any atom is 0.411 e. The lowest BCUT2D eigenvalue weighted by molar-refractivity contribution is 0.0175. The first-order chi connectivity index (χ1) is 12.8. The molecule has 3 heterocycles. The number of hydrogen-bond donors (Lipinski definition) is 0. The van der Waals surface area contributed by atoms with Crippen molar-refractivity contribution in [2.75, 3.05) is 7.11 Å².